The largest absolute Gasteiger partial charge is 0.465 e. The molecule has 1 atom stereocenters. The van der Waals surface area contributed by atoms with E-state index < -0.39 is 0 Å². The van der Waals surface area contributed by atoms with Crippen molar-refractivity contribution in [2.24, 2.45) is 5.41 Å². The molecule has 1 aliphatic rings. The minimum atomic E-state index is -0.234. The first-order valence-corrected chi connectivity index (χ1v) is 6.19. The maximum absolute atomic E-state index is 11.4. The van der Waals surface area contributed by atoms with E-state index in [0.29, 0.717) is 0 Å². The normalized spacial score (nSPS) is 20.4. The topological polar surface area (TPSA) is 26.3 Å². The number of esters is 1. The van der Waals surface area contributed by atoms with Crippen LogP contribution < -0.4 is 0 Å². The van der Waals surface area contributed by atoms with E-state index in [-0.39, 0.29) is 16.6 Å². The minimum absolute atomic E-state index is 0.0164. The fourth-order valence-electron chi connectivity index (χ4n) is 1.35. The molecule has 88 valence electrons. The standard InChI is InChI=1S/C13H18O2S/c1-9-8-10(6-7-13(2,3)4)16-11(9)12(14)15-5/h10H,8H2,1-5H3. The van der Waals surface area contributed by atoms with E-state index in [2.05, 4.69) is 32.6 Å². The molecule has 0 aromatic rings. The Hall–Kier alpha value is -0.880. The van der Waals surface area contributed by atoms with Crippen LogP contribution in [0, 0.1) is 17.3 Å². The molecule has 0 saturated heterocycles. The van der Waals surface area contributed by atoms with Crippen LogP contribution in [-0.2, 0) is 9.53 Å². The summed E-state index contributed by atoms with van der Waals surface area (Å²) in [6.45, 7) is 8.22. The number of rotatable bonds is 1. The summed E-state index contributed by atoms with van der Waals surface area (Å²) in [5.41, 5.74) is 1.10. The fraction of sp³-hybridized carbons (Fsp3) is 0.615. The van der Waals surface area contributed by atoms with Crippen molar-refractivity contribution in [3.63, 3.8) is 0 Å². The van der Waals surface area contributed by atoms with Crippen LogP contribution in [0.4, 0.5) is 0 Å². The van der Waals surface area contributed by atoms with E-state index in [1.807, 2.05) is 6.92 Å². The molecule has 0 saturated carbocycles. The van der Waals surface area contributed by atoms with Gasteiger partial charge in [-0.15, -0.1) is 11.8 Å². The average molecular weight is 238 g/mol. The molecule has 2 nitrogen and oxygen atoms in total. The Kier molecular flexibility index (Phi) is 4.09. The predicted octanol–water partition coefficient (Wildman–Crippen LogP) is 2.99. The van der Waals surface area contributed by atoms with Crippen LogP contribution >= 0.6 is 11.8 Å². The zero-order chi connectivity index (χ0) is 12.3. The number of hydrogen-bond acceptors (Lipinski definition) is 3. The summed E-state index contributed by atoms with van der Waals surface area (Å²) in [5, 5.41) is 0.202. The van der Waals surface area contributed by atoms with Crippen LogP contribution in [0.15, 0.2) is 10.5 Å². The predicted molar refractivity (Wildman–Crippen MR) is 67.9 cm³/mol. The molecule has 0 spiro atoms. The molecule has 0 aliphatic carbocycles. The van der Waals surface area contributed by atoms with Crippen LogP contribution in [0.3, 0.4) is 0 Å². The molecule has 0 aromatic heterocycles. The monoisotopic (exact) mass is 238 g/mol. The summed E-state index contributed by atoms with van der Waals surface area (Å²) in [4.78, 5) is 12.2. The molecule has 1 rings (SSSR count). The Balaban J connectivity index is 2.69. The van der Waals surface area contributed by atoms with E-state index in [4.69, 9.17) is 4.74 Å². The van der Waals surface area contributed by atoms with Gasteiger partial charge in [-0.1, -0.05) is 17.4 Å². The highest BCUT2D eigenvalue weighted by Crippen LogP contribution is 2.37. The summed E-state index contributed by atoms with van der Waals surface area (Å²) in [6, 6.07) is 0. The first-order valence-electron chi connectivity index (χ1n) is 5.31. The molecule has 0 aromatic carbocycles. The molecule has 0 fully saturated rings. The van der Waals surface area contributed by atoms with Crippen molar-refractivity contribution < 1.29 is 9.53 Å². The number of thioether (sulfide) groups is 1. The number of carbonyl (C=O) groups is 1. The lowest BCUT2D eigenvalue weighted by molar-refractivity contribution is -0.135. The second kappa shape index (κ2) is 4.97. The van der Waals surface area contributed by atoms with Crippen molar-refractivity contribution in [1.82, 2.24) is 0 Å². The fourth-order valence-corrected chi connectivity index (χ4v) is 2.55. The Bertz CT molecular complexity index is 377. The van der Waals surface area contributed by atoms with Crippen molar-refractivity contribution in [3.05, 3.63) is 10.5 Å². The lowest BCUT2D eigenvalue weighted by atomic mass is 9.97. The van der Waals surface area contributed by atoms with Gasteiger partial charge in [0.25, 0.3) is 0 Å². The lowest BCUT2D eigenvalue weighted by Gasteiger charge is -2.08. The van der Waals surface area contributed by atoms with Gasteiger partial charge in [0.1, 0.15) is 0 Å². The van der Waals surface area contributed by atoms with E-state index in [9.17, 15) is 4.79 Å². The second-order valence-corrected chi connectivity index (χ2v) is 6.14. The number of ether oxygens (including phenoxy) is 1. The Morgan fingerprint density at radius 1 is 1.50 bits per heavy atom. The minimum Gasteiger partial charge on any atom is -0.465 e. The Morgan fingerprint density at radius 2 is 2.12 bits per heavy atom. The number of methoxy groups -OCH3 is 1. The van der Waals surface area contributed by atoms with Gasteiger partial charge in [-0.05, 0) is 34.1 Å². The SMILES string of the molecule is COC(=O)C1=C(C)CC(C#CC(C)(C)C)S1. The van der Waals surface area contributed by atoms with E-state index in [0.717, 1.165) is 16.9 Å². The van der Waals surface area contributed by atoms with Gasteiger partial charge < -0.3 is 4.74 Å². The van der Waals surface area contributed by atoms with Gasteiger partial charge in [0.15, 0.2) is 0 Å². The molecule has 3 heteroatoms. The Labute approximate surface area is 102 Å². The molecule has 1 aliphatic heterocycles. The van der Waals surface area contributed by atoms with Gasteiger partial charge in [-0.3, -0.25) is 0 Å². The smallest absolute Gasteiger partial charge is 0.344 e. The maximum Gasteiger partial charge on any atom is 0.344 e. The van der Waals surface area contributed by atoms with Crippen LogP contribution in [0.2, 0.25) is 0 Å². The van der Waals surface area contributed by atoms with E-state index >= 15 is 0 Å². The molecule has 1 unspecified atom stereocenters. The molecular formula is C13H18O2S. The van der Waals surface area contributed by atoms with Crippen molar-refractivity contribution in [2.75, 3.05) is 7.11 Å². The number of carbonyl (C=O) groups excluding carboxylic acids is 1. The van der Waals surface area contributed by atoms with Crippen molar-refractivity contribution in [2.45, 2.75) is 39.4 Å². The zero-order valence-electron chi connectivity index (χ0n) is 10.5. The summed E-state index contributed by atoms with van der Waals surface area (Å²) >= 11 is 1.52. The first-order chi connectivity index (χ1) is 7.33. The summed E-state index contributed by atoms with van der Waals surface area (Å²) in [7, 11) is 1.41. The first kappa shape index (κ1) is 13.2. The average Bonchev–Trinajstić information content (AvgIpc) is 2.55. The third kappa shape index (κ3) is 3.61. The highest BCUT2D eigenvalue weighted by molar-refractivity contribution is 8.05. The van der Waals surface area contributed by atoms with E-state index in [1.54, 1.807) is 0 Å². The van der Waals surface area contributed by atoms with Gasteiger partial charge in [0, 0.05) is 5.41 Å². The van der Waals surface area contributed by atoms with Crippen LogP contribution in [0.1, 0.15) is 34.1 Å². The van der Waals surface area contributed by atoms with Gasteiger partial charge in [0.2, 0.25) is 0 Å². The summed E-state index contributed by atoms with van der Waals surface area (Å²) in [6.07, 6.45) is 0.859. The summed E-state index contributed by atoms with van der Waals surface area (Å²) < 4.78 is 4.73. The molecule has 0 amide bonds. The second-order valence-electron chi connectivity index (χ2n) is 4.93. The maximum atomic E-state index is 11.4. The molecule has 1 heterocycles. The molecule has 16 heavy (non-hydrogen) atoms. The third-order valence-electron chi connectivity index (χ3n) is 2.12. The number of hydrogen-bond donors (Lipinski definition) is 0. The van der Waals surface area contributed by atoms with E-state index in [1.165, 1.54) is 18.9 Å². The van der Waals surface area contributed by atoms with Crippen molar-refractivity contribution in [3.8, 4) is 11.8 Å². The molecule has 0 N–H and O–H groups in total. The van der Waals surface area contributed by atoms with Gasteiger partial charge >= 0.3 is 5.97 Å². The van der Waals surface area contributed by atoms with Crippen LogP contribution in [-0.4, -0.2) is 18.3 Å². The summed E-state index contributed by atoms with van der Waals surface area (Å²) in [5.74, 6) is 6.20. The lowest BCUT2D eigenvalue weighted by Crippen LogP contribution is -2.03. The Morgan fingerprint density at radius 3 is 2.62 bits per heavy atom. The highest BCUT2D eigenvalue weighted by atomic mass is 32.2. The quantitative estimate of drug-likeness (QED) is 0.519. The van der Waals surface area contributed by atoms with Crippen LogP contribution in [0.5, 0.6) is 0 Å². The van der Waals surface area contributed by atoms with Crippen molar-refractivity contribution >= 4 is 17.7 Å². The highest BCUT2D eigenvalue weighted by Gasteiger charge is 2.26. The van der Waals surface area contributed by atoms with Crippen molar-refractivity contribution in [1.29, 1.82) is 0 Å². The van der Waals surface area contributed by atoms with Gasteiger partial charge in [-0.25, -0.2) is 4.79 Å². The molecule has 0 bridgehead atoms. The third-order valence-corrected chi connectivity index (χ3v) is 3.44. The van der Waals surface area contributed by atoms with Gasteiger partial charge in [0.05, 0.1) is 17.3 Å². The number of allylic oxidation sites excluding steroid dienone is 1. The molecular weight excluding hydrogens is 220 g/mol. The molecule has 0 radical (unpaired) electrons. The van der Waals surface area contributed by atoms with Gasteiger partial charge in [-0.2, -0.15) is 0 Å². The zero-order valence-corrected chi connectivity index (χ0v) is 11.3. The van der Waals surface area contributed by atoms with Crippen LogP contribution in [0.25, 0.3) is 0 Å².